The molecular weight excluding hydrogens is 178 g/mol. The Morgan fingerprint density at radius 2 is 2.00 bits per heavy atom. The minimum atomic E-state index is -0.690. The zero-order valence-electron chi connectivity index (χ0n) is 7.83. The van der Waals surface area contributed by atoms with Crippen LogP contribution in [0.25, 0.3) is 0 Å². The Hall–Kier alpha value is -1.68. The lowest BCUT2D eigenvalue weighted by Gasteiger charge is -2.05. The van der Waals surface area contributed by atoms with Crippen molar-refractivity contribution in [3.63, 3.8) is 0 Å². The summed E-state index contributed by atoms with van der Waals surface area (Å²) in [5, 5.41) is 17.5. The summed E-state index contributed by atoms with van der Waals surface area (Å²) < 4.78 is 1.57. The molecule has 1 unspecified atom stereocenters. The van der Waals surface area contributed by atoms with Gasteiger partial charge in [-0.15, -0.1) is 5.10 Å². The maximum Gasteiger partial charge on any atom is 0.124 e. The summed E-state index contributed by atoms with van der Waals surface area (Å²) in [6, 6.07) is 9.40. The molecule has 0 amide bonds. The van der Waals surface area contributed by atoms with Crippen LogP contribution in [-0.2, 0) is 7.05 Å². The van der Waals surface area contributed by atoms with Crippen molar-refractivity contribution >= 4 is 0 Å². The summed E-state index contributed by atoms with van der Waals surface area (Å²) in [5.74, 6) is 0. The number of aliphatic hydroxyl groups is 1. The summed E-state index contributed by atoms with van der Waals surface area (Å²) in [7, 11) is 1.77. The van der Waals surface area contributed by atoms with E-state index in [2.05, 4.69) is 10.3 Å². The lowest BCUT2D eigenvalue weighted by molar-refractivity contribution is 0.215. The molecule has 2 rings (SSSR count). The lowest BCUT2D eigenvalue weighted by atomic mass is 10.1. The van der Waals surface area contributed by atoms with E-state index >= 15 is 0 Å². The summed E-state index contributed by atoms with van der Waals surface area (Å²) in [6.45, 7) is 0. The molecule has 0 aliphatic heterocycles. The molecule has 1 aromatic heterocycles. The van der Waals surface area contributed by atoms with Gasteiger partial charge in [0.15, 0.2) is 0 Å². The Morgan fingerprint density at radius 3 is 2.57 bits per heavy atom. The number of nitrogens with zero attached hydrogens (tertiary/aromatic N) is 3. The minimum absolute atomic E-state index is 0.568. The number of benzene rings is 1. The van der Waals surface area contributed by atoms with Crippen LogP contribution in [0.3, 0.4) is 0 Å². The van der Waals surface area contributed by atoms with E-state index in [0.29, 0.717) is 5.69 Å². The van der Waals surface area contributed by atoms with Gasteiger partial charge in [-0.05, 0) is 5.56 Å². The second-order valence-corrected chi connectivity index (χ2v) is 3.13. The van der Waals surface area contributed by atoms with Crippen LogP contribution in [0.4, 0.5) is 0 Å². The molecule has 4 nitrogen and oxygen atoms in total. The third-order valence-corrected chi connectivity index (χ3v) is 2.02. The Morgan fingerprint density at radius 1 is 1.29 bits per heavy atom. The van der Waals surface area contributed by atoms with Gasteiger partial charge in [0.25, 0.3) is 0 Å². The van der Waals surface area contributed by atoms with Crippen molar-refractivity contribution in [2.24, 2.45) is 7.05 Å². The Bertz CT molecular complexity index is 410. The van der Waals surface area contributed by atoms with Gasteiger partial charge in [0, 0.05) is 7.05 Å². The van der Waals surface area contributed by atoms with E-state index < -0.39 is 6.10 Å². The zero-order valence-corrected chi connectivity index (χ0v) is 7.83. The number of aromatic nitrogens is 3. The number of hydrogen-bond acceptors (Lipinski definition) is 3. The van der Waals surface area contributed by atoms with Crippen LogP contribution in [0.1, 0.15) is 17.4 Å². The minimum Gasteiger partial charge on any atom is -0.382 e. The first-order chi connectivity index (χ1) is 6.77. The molecule has 0 spiro atoms. The molecule has 1 N–H and O–H groups in total. The molecule has 1 aromatic carbocycles. The van der Waals surface area contributed by atoms with Gasteiger partial charge in [0.2, 0.25) is 0 Å². The van der Waals surface area contributed by atoms with Crippen molar-refractivity contribution in [3.05, 3.63) is 47.8 Å². The van der Waals surface area contributed by atoms with Crippen LogP contribution in [-0.4, -0.2) is 20.1 Å². The molecule has 4 heteroatoms. The fourth-order valence-electron chi connectivity index (χ4n) is 1.30. The van der Waals surface area contributed by atoms with E-state index in [-0.39, 0.29) is 0 Å². The van der Waals surface area contributed by atoms with E-state index in [1.807, 2.05) is 30.3 Å². The first-order valence-corrected chi connectivity index (χ1v) is 4.36. The monoisotopic (exact) mass is 189 g/mol. The van der Waals surface area contributed by atoms with Crippen molar-refractivity contribution < 1.29 is 5.11 Å². The van der Waals surface area contributed by atoms with Crippen LogP contribution in [0, 0.1) is 0 Å². The second kappa shape index (κ2) is 3.59. The van der Waals surface area contributed by atoms with Gasteiger partial charge in [-0.3, -0.25) is 4.68 Å². The molecule has 1 heterocycles. The number of aryl methyl sites for hydroxylation is 1. The van der Waals surface area contributed by atoms with E-state index in [1.165, 1.54) is 0 Å². The summed E-state index contributed by atoms with van der Waals surface area (Å²) in [5.41, 5.74) is 1.40. The van der Waals surface area contributed by atoms with Gasteiger partial charge in [0.05, 0.1) is 6.20 Å². The van der Waals surface area contributed by atoms with Crippen molar-refractivity contribution in [1.29, 1.82) is 0 Å². The smallest absolute Gasteiger partial charge is 0.124 e. The quantitative estimate of drug-likeness (QED) is 0.763. The number of rotatable bonds is 2. The number of aliphatic hydroxyl groups excluding tert-OH is 1. The lowest BCUT2D eigenvalue weighted by Crippen LogP contribution is -1.99. The van der Waals surface area contributed by atoms with E-state index in [4.69, 9.17) is 0 Å². The third-order valence-electron chi connectivity index (χ3n) is 2.02. The predicted molar refractivity (Wildman–Crippen MR) is 51.5 cm³/mol. The fraction of sp³-hybridized carbons (Fsp3) is 0.200. The van der Waals surface area contributed by atoms with Crippen LogP contribution in [0.5, 0.6) is 0 Å². The third kappa shape index (κ3) is 1.65. The molecule has 0 fully saturated rings. The average molecular weight is 189 g/mol. The topological polar surface area (TPSA) is 50.9 Å². The fourth-order valence-corrected chi connectivity index (χ4v) is 1.30. The van der Waals surface area contributed by atoms with Crippen molar-refractivity contribution in [2.45, 2.75) is 6.10 Å². The van der Waals surface area contributed by atoms with Crippen molar-refractivity contribution in [2.75, 3.05) is 0 Å². The Labute approximate surface area is 81.8 Å². The molecule has 1 atom stereocenters. The maximum atomic E-state index is 9.89. The highest BCUT2D eigenvalue weighted by molar-refractivity contribution is 5.23. The van der Waals surface area contributed by atoms with Crippen molar-refractivity contribution in [1.82, 2.24) is 15.0 Å². The van der Waals surface area contributed by atoms with Crippen LogP contribution in [0.2, 0.25) is 0 Å². The van der Waals surface area contributed by atoms with E-state index in [9.17, 15) is 5.11 Å². The van der Waals surface area contributed by atoms with E-state index in [1.54, 1.807) is 17.9 Å². The largest absolute Gasteiger partial charge is 0.382 e. The highest BCUT2D eigenvalue weighted by Gasteiger charge is 2.12. The molecule has 14 heavy (non-hydrogen) atoms. The normalized spacial score (nSPS) is 12.7. The van der Waals surface area contributed by atoms with Crippen LogP contribution < -0.4 is 0 Å². The molecule has 0 aliphatic carbocycles. The van der Waals surface area contributed by atoms with Gasteiger partial charge in [-0.25, -0.2) is 0 Å². The van der Waals surface area contributed by atoms with Gasteiger partial charge < -0.3 is 5.11 Å². The average Bonchev–Trinajstić information content (AvgIpc) is 2.65. The first-order valence-electron chi connectivity index (χ1n) is 4.36. The van der Waals surface area contributed by atoms with Gasteiger partial charge in [-0.2, -0.15) is 0 Å². The van der Waals surface area contributed by atoms with Crippen LogP contribution in [0.15, 0.2) is 36.5 Å². The van der Waals surface area contributed by atoms with Gasteiger partial charge in [0.1, 0.15) is 11.8 Å². The molecule has 72 valence electrons. The summed E-state index contributed by atoms with van der Waals surface area (Å²) >= 11 is 0. The molecule has 0 radical (unpaired) electrons. The molecule has 0 saturated carbocycles. The maximum absolute atomic E-state index is 9.89. The Balaban J connectivity index is 2.29. The highest BCUT2D eigenvalue weighted by atomic mass is 16.3. The standard InChI is InChI=1S/C10H11N3O/c1-13-7-9(11-12-13)10(14)8-5-3-2-4-6-8/h2-7,10,14H,1H3. The zero-order chi connectivity index (χ0) is 9.97. The highest BCUT2D eigenvalue weighted by Crippen LogP contribution is 2.18. The number of hydrogen-bond donors (Lipinski definition) is 1. The van der Waals surface area contributed by atoms with Gasteiger partial charge in [-0.1, -0.05) is 35.5 Å². The summed E-state index contributed by atoms with van der Waals surface area (Å²) in [4.78, 5) is 0. The predicted octanol–water partition coefficient (Wildman–Crippen LogP) is 0.897. The molecular formula is C10H11N3O. The molecule has 0 bridgehead atoms. The SMILES string of the molecule is Cn1cc(C(O)c2ccccc2)nn1. The van der Waals surface area contributed by atoms with Crippen LogP contribution >= 0.6 is 0 Å². The Kier molecular flexibility index (Phi) is 2.28. The molecule has 0 saturated heterocycles. The molecule has 2 aromatic rings. The molecule has 0 aliphatic rings. The van der Waals surface area contributed by atoms with Gasteiger partial charge >= 0.3 is 0 Å². The van der Waals surface area contributed by atoms with E-state index in [0.717, 1.165) is 5.56 Å². The summed E-state index contributed by atoms with van der Waals surface area (Å²) in [6.07, 6.45) is 1.02. The first kappa shape index (κ1) is 8.90. The van der Waals surface area contributed by atoms with Crippen molar-refractivity contribution in [3.8, 4) is 0 Å². The second-order valence-electron chi connectivity index (χ2n) is 3.13.